The van der Waals surface area contributed by atoms with E-state index in [1.165, 1.54) is 40.1 Å². The Balaban J connectivity index is 1.79. The Hall–Kier alpha value is 0.450. The van der Waals surface area contributed by atoms with Gasteiger partial charge in [0.25, 0.3) is 0 Å². The normalized spacial score (nSPS) is 31.8. The number of hydrogen-bond acceptors (Lipinski definition) is 4. The Morgan fingerprint density at radius 3 is 3.15 bits per heavy atom. The minimum atomic E-state index is 0.172. The number of hydrogen-bond donors (Lipinski definition) is 1. The fourth-order valence-corrected chi connectivity index (χ4v) is 6.60. The molecule has 3 unspecified atom stereocenters. The lowest BCUT2D eigenvalue weighted by Gasteiger charge is -2.41. The van der Waals surface area contributed by atoms with Crippen LogP contribution in [0.15, 0.2) is 15.9 Å². The number of halogens is 1. The quantitative estimate of drug-likeness (QED) is 0.838. The van der Waals surface area contributed by atoms with Crippen LogP contribution < -0.4 is 5.32 Å². The molecule has 0 aromatic carbocycles. The second-order valence-electron chi connectivity index (χ2n) is 5.76. The topological polar surface area (TPSA) is 21.3 Å². The highest BCUT2D eigenvalue weighted by atomic mass is 79.9. The molecule has 2 nitrogen and oxygen atoms in total. The minimum Gasteiger partial charge on any atom is -0.374 e. The summed E-state index contributed by atoms with van der Waals surface area (Å²) in [6.07, 6.45) is 3.62. The van der Waals surface area contributed by atoms with Crippen LogP contribution in [0.1, 0.15) is 37.1 Å². The number of rotatable bonds is 4. The zero-order valence-corrected chi connectivity index (χ0v) is 15.1. The van der Waals surface area contributed by atoms with Crippen molar-refractivity contribution in [2.45, 2.75) is 37.8 Å². The number of nitrogens with one attached hydrogen (secondary N) is 1. The largest absolute Gasteiger partial charge is 0.374 e. The lowest BCUT2D eigenvalue weighted by atomic mass is 9.80. The van der Waals surface area contributed by atoms with E-state index < -0.39 is 0 Å². The first-order chi connectivity index (χ1) is 9.74. The fraction of sp³-hybridized carbons (Fsp3) is 0.733. The van der Waals surface area contributed by atoms with Crippen LogP contribution in [0.25, 0.3) is 0 Å². The van der Waals surface area contributed by atoms with Gasteiger partial charge in [-0.15, -0.1) is 11.3 Å². The van der Waals surface area contributed by atoms with Gasteiger partial charge in [-0.05, 0) is 64.9 Å². The Labute approximate surface area is 138 Å². The van der Waals surface area contributed by atoms with Gasteiger partial charge in [-0.3, -0.25) is 0 Å². The Bertz CT molecular complexity index is 445. The summed E-state index contributed by atoms with van der Waals surface area (Å²) in [5.74, 6) is 3.15. The highest BCUT2D eigenvalue weighted by Gasteiger charge is 2.43. The Kier molecular flexibility index (Phi) is 5.14. The molecule has 2 saturated heterocycles. The van der Waals surface area contributed by atoms with E-state index in [1.54, 1.807) is 0 Å². The SMILES string of the molecule is CCNC(c1sccc1Br)C1CCOC2(CCSC2)C1. The lowest BCUT2D eigenvalue weighted by Crippen LogP contribution is -2.43. The zero-order chi connectivity index (χ0) is 14.0. The van der Waals surface area contributed by atoms with Gasteiger partial charge in [0.1, 0.15) is 0 Å². The van der Waals surface area contributed by atoms with Crippen LogP contribution in [0, 0.1) is 5.92 Å². The minimum absolute atomic E-state index is 0.172. The van der Waals surface area contributed by atoms with Gasteiger partial charge in [-0.1, -0.05) is 6.92 Å². The third-order valence-corrected chi connectivity index (χ3v) is 7.60. The lowest BCUT2D eigenvalue weighted by molar-refractivity contribution is -0.0852. The molecule has 3 heterocycles. The highest BCUT2D eigenvalue weighted by molar-refractivity contribution is 9.10. The molecule has 0 bridgehead atoms. The monoisotopic (exact) mass is 375 g/mol. The first-order valence-corrected chi connectivity index (χ1v) is 10.2. The average molecular weight is 376 g/mol. The van der Waals surface area contributed by atoms with Crippen LogP contribution in [-0.4, -0.2) is 30.3 Å². The summed E-state index contributed by atoms with van der Waals surface area (Å²) in [6.45, 7) is 4.15. The van der Waals surface area contributed by atoms with Gasteiger partial charge in [0.05, 0.1) is 5.60 Å². The number of thiophene rings is 1. The summed E-state index contributed by atoms with van der Waals surface area (Å²) in [6, 6.07) is 2.64. The van der Waals surface area contributed by atoms with Gasteiger partial charge in [-0.25, -0.2) is 0 Å². The molecule has 1 spiro atoms. The first-order valence-electron chi connectivity index (χ1n) is 7.42. The van der Waals surface area contributed by atoms with Crippen molar-refractivity contribution in [3.8, 4) is 0 Å². The average Bonchev–Trinajstić information content (AvgIpc) is 3.06. The molecule has 2 fully saturated rings. The first kappa shape index (κ1) is 15.3. The predicted octanol–water partition coefficient (Wildman–Crippen LogP) is 4.46. The molecule has 112 valence electrons. The van der Waals surface area contributed by atoms with Crippen molar-refractivity contribution in [1.29, 1.82) is 0 Å². The third kappa shape index (κ3) is 3.12. The van der Waals surface area contributed by atoms with Crippen molar-refractivity contribution in [3.05, 3.63) is 20.8 Å². The van der Waals surface area contributed by atoms with E-state index in [9.17, 15) is 0 Å². The molecule has 0 radical (unpaired) electrons. The van der Waals surface area contributed by atoms with Crippen LogP contribution in [0.5, 0.6) is 0 Å². The summed E-state index contributed by atoms with van der Waals surface area (Å²) in [4.78, 5) is 1.46. The van der Waals surface area contributed by atoms with E-state index in [4.69, 9.17) is 4.74 Å². The van der Waals surface area contributed by atoms with Crippen molar-refractivity contribution in [2.75, 3.05) is 24.7 Å². The maximum Gasteiger partial charge on any atom is 0.0783 e. The molecule has 0 saturated carbocycles. The molecule has 1 aromatic heterocycles. The molecular weight excluding hydrogens is 354 g/mol. The van der Waals surface area contributed by atoms with Gasteiger partial charge in [0, 0.05) is 27.8 Å². The molecule has 0 aliphatic carbocycles. The molecule has 5 heteroatoms. The van der Waals surface area contributed by atoms with Crippen molar-refractivity contribution >= 4 is 39.0 Å². The van der Waals surface area contributed by atoms with Crippen molar-refractivity contribution in [3.63, 3.8) is 0 Å². The summed E-state index contributed by atoms with van der Waals surface area (Å²) in [5, 5.41) is 5.90. The van der Waals surface area contributed by atoms with E-state index in [1.807, 2.05) is 11.3 Å². The van der Waals surface area contributed by atoms with Crippen LogP contribution in [0.3, 0.4) is 0 Å². The standard InChI is InChI=1S/C15H22BrNOS2/c1-2-17-13(14-12(16)4-7-20-14)11-3-6-18-15(9-11)5-8-19-10-15/h4,7,11,13,17H,2-3,5-6,8-10H2,1H3. The van der Waals surface area contributed by atoms with Crippen LogP contribution >= 0.6 is 39.0 Å². The summed E-state index contributed by atoms with van der Waals surface area (Å²) < 4.78 is 7.43. The highest BCUT2D eigenvalue weighted by Crippen LogP contribution is 2.45. The van der Waals surface area contributed by atoms with Crippen molar-refractivity contribution < 1.29 is 4.74 Å². The van der Waals surface area contributed by atoms with Gasteiger partial charge in [0.15, 0.2) is 0 Å². The van der Waals surface area contributed by atoms with Gasteiger partial charge in [-0.2, -0.15) is 11.8 Å². The number of ether oxygens (including phenoxy) is 1. The second-order valence-corrected chi connectivity index (χ2v) is 8.66. The van der Waals surface area contributed by atoms with Crippen molar-refractivity contribution in [2.24, 2.45) is 5.92 Å². The molecule has 20 heavy (non-hydrogen) atoms. The maximum absolute atomic E-state index is 6.18. The van der Waals surface area contributed by atoms with Crippen LogP contribution in [-0.2, 0) is 4.74 Å². The molecule has 1 N–H and O–H groups in total. The molecule has 3 atom stereocenters. The summed E-state index contributed by atoms with van der Waals surface area (Å²) in [5.41, 5.74) is 0.172. The Morgan fingerprint density at radius 1 is 1.60 bits per heavy atom. The maximum atomic E-state index is 6.18. The third-order valence-electron chi connectivity index (χ3n) is 4.42. The zero-order valence-electron chi connectivity index (χ0n) is 11.9. The predicted molar refractivity (Wildman–Crippen MR) is 91.8 cm³/mol. The molecule has 2 aliphatic heterocycles. The molecule has 1 aromatic rings. The fourth-order valence-electron chi connectivity index (χ4n) is 3.43. The molecule has 2 aliphatic rings. The molecular formula is C15H22BrNOS2. The van der Waals surface area contributed by atoms with Crippen LogP contribution in [0.2, 0.25) is 0 Å². The van der Waals surface area contributed by atoms with E-state index in [0.717, 1.165) is 13.2 Å². The number of thioether (sulfide) groups is 1. The van der Waals surface area contributed by atoms with E-state index >= 15 is 0 Å². The summed E-state index contributed by atoms with van der Waals surface area (Å²) >= 11 is 7.64. The smallest absolute Gasteiger partial charge is 0.0783 e. The molecule has 0 amide bonds. The second kappa shape index (κ2) is 6.69. The van der Waals surface area contributed by atoms with Crippen LogP contribution in [0.4, 0.5) is 0 Å². The van der Waals surface area contributed by atoms with Gasteiger partial charge >= 0.3 is 0 Å². The summed E-state index contributed by atoms with van der Waals surface area (Å²) in [7, 11) is 0. The Morgan fingerprint density at radius 2 is 2.50 bits per heavy atom. The van der Waals surface area contributed by atoms with E-state index in [-0.39, 0.29) is 5.60 Å². The van der Waals surface area contributed by atoms with Crippen molar-refractivity contribution in [1.82, 2.24) is 5.32 Å². The molecule has 3 rings (SSSR count). The van der Waals surface area contributed by atoms with E-state index in [2.05, 4.69) is 51.4 Å². The van der Waals surface area contributed by atoms with E-state index in [0.29, 0.717) is 12.0 Å². The van der Waals surface area contributed by atoms with Gasteiger partial charge < -0.3 is 10.1 Å². The van der Waals surface area contributed by atoms with Gasteiger partial charge in [0.2, 0.25) is 0 Å².